The molecule has 0 saturated heterocycles. The highest BCUT2D eigenvalue weighted by Gasteiger charge is 2.24. The van der Waals surface area contributed by atoms with E-state index in [1.54, 1.807) is 12.1 Å². The normalized spacial score (nSPS) is 12.6. The van der Waals surface area contributed by atoms with Crippen molar-refractivity contribution < 1.29 is 8.42 Å². The van der Waals surface area contributed by atoms with Crippen molar-refractivity contribution in [1.82, 2.24) is 10.0 Å². The van der Waals surface area contributed by atoms with Crippen LogP contribution >= 0.6 is 0 Å². The molecule has 0 heterocycles. The molecule has 1 aromatic carbocycles. The van der Waals surface area contributed by atoms with E-state index >= 15 is 0 Å². The first-order chi connectivity index (χ1) is 9.30. The number of aryl methyl sites for hydroxylation is 1. The average Bonchev–Trinajstić information content (AvgIpc) is 2.38. The lowest BCUT2D eigenvalue weighted by Crippen LogP contribution is -2.42. The van der Waals surface area contributed by atoms with Crippen molar-refractivity contribution in [3.8, 4) is 0 Å². The Kier molecular flexibility index (Phi) is 6.17. The summed E-state index contributed by atoms with van der Waals surface area (Å²) in [4.78, 5) is 0.330. The Balaban J connectivity index is 2.77. The van der Waals surface area contributed by atoms with E-state index in [-0.39, 0.29) is 0 Å². The molecule has 0 aliphatic heterocycles. The maximum absolute atomic E-state index is 12.3. The third kappa shape index (κ3) is 5.23. The molecular formula is C15H26N2O2S. The van der Waals surface area contributed by atoms with Gasteiger partial charge in [-0.3, -0.25) is 0 Å². The zero-order valence-electron chi connectivity index (χ0n) is 12.9. The molecule has 0 aromatic heterocycles. The summed E-state index contributed by atoms with van der Waals surface area (Å²) < 4.78 is 27.2. The molecule has 0 atom stereocenters. The van der Waals surface area contributed by atoms with Gasteiger partial charge in [0.15, 0.2) is 0 Å². The molecule has 0 fully saturated rings. The van der Waals surface area contributed by atoms with Crippen LogP contribution in [0.5, 0.6) is 0 Å². The molecule has 0 unspecified atom stereocenters. The van der Waals surface area contributed by atoms with Crippen LogP contribution in [-0.4, -0.2) is 27.5 Å². The standard InChI is InChI=1S/C15H26N2O2S/c1-5-15(2,3)17-20(18,19)14-10-8-13(9-11-14)7-6-12-16-4/h8-11,16-17H,5-7,12H2,1-4H3. The van der Waals surface area contributed by atoms with Crippen LogP contribution in [0.3, 0.4) is 0 Å². The molecule has 2 N–H and O–H groups in total. The van der Waals surface area contributed by atoms with Gasteiger partial charge in [-0.25, -0.2) is 13.1 Å². The van der Waals surface area contributed by atoms with Crippen LogP contribution in [-0.2, 0) is 16.4 Å². The van der Waals surface area contributed by atoms with Gasteiger partial charge >= 0.3 is 0 Å². The molecule has 0 spiro atoms. The van der Waals surface area contributed by atoms with E-state index in [0.29, 0.717) is 4.90 Å². The van der Waals surface area contributed by atoms with Gasteiger partial charge < -0.3 is 5.32 Å². The minimum atomic E-state index is -3.43. The minimum absolute atomic E-state index is 0.330. The predicted octanol–water partition coefficient (Wildman–Crippen LogP) is 2.31. The quantitative estimate of drug-likeness (QED) is 0.724. The second-order valence-electron chi connectivity index (χ2n) is 5.69. The molecule has 5 heteroatoms. The van der Waals surface area contributed by atoms with E-state index in [1.165, 1.54) is 0 Å². The van der Waals surface area contributed by atoms with Crippen LogP contribution in [0.15, 0.2) is 29.2 Å². The van der Waals surface area contributed by atoms with Crippen LogP contribution in [0.25, 0.3) is 0 Å². The van der Waals surface area contributed by atoms with Gasteiger partial charge in [0.05, 0.1) is 4.90 Å². The van der Waals surface area contributed by atoms with E-state index < -0.39 is 15.6 Å². The number of sulfonamides is 1. The van der Waals surface area contributed by atoms with Gasteiger partial charge in [0.2, 0.25) is 10.0 Å². The number of hydrogen-bond acceptors (Lipinski definition) is 3. The first kappa shape index (κ1) is 17.1. The number of nitrogens with one attached hydrogen (secondary N) is 2. The molecule has 114 valence electrons. The largest absolute Gasteiger partial charge is 0.320 e. The van der Waals surface area contributed by atoms with E-state index in [1.807, 2.05) is 40.0 Å². The Morgan fingerprint density at radius 1 is 1.15 bits per heavy atom. The lowest BCUT2D eigenvalue weighted by atomic mass is 10.0. The summed E-state index contributed by atoms with van der Waals surface area (Å²) in [6, 6.07) is 7.15. The van der Waals surface area contributed by atoms with Crippen LogP contribution < -0.4 is 10.0 Å². The number of rotatable bonds is 8. The van der Waals surface area contributed by atoms with Crippen molar-refractivity contribution in [3.05, 3.63) is 29.8 Å². The highest BCUT2D eigenvalue weighted by atomic mass is 32.2. The summed E-state index contributed by atoms with van der Waals surface area (Å²) >= 11 is 0. The molecular weight excluding hydrogens is 272 g/mol. The molecule has 0 radical (unpaired) electrons. The molecule has 1 rings (SSSR count). The fourth-order valence-corrected chi connectivity index (χ4v) is 3.28. The summed E-state index contributed by atoms with van der Waals surface area (Å²) in [5.74, 6) is 0. The Labute approximate surface area is 123 Å². The van der Waals surface area contributed by atoms with E-state index in [9.17, 15) is 8.42 Å². The third-order valence-electron chi connectivity index (χ3n) is 3.42. The summed E-state index contributed by atoms with van der Waals surface area (Å²) in [6.45, 7) is 6.70. The van der Waals surface area contributed by atoms with E-state index in [4.69, 9.17) is 0 Å². The first-order valence-electron chi connectivity index (χ1n) is 7.08. The van der Waals surface area contributed by atoms with Crippen molar-refractivity contribution in [2.24, 2.45) is 0 Å². The van der Waals surface area contributed by atoms with Gasteiger partial charge in [-0.2, -0.15) is 0 Å². The summed E-state index contributed by atoms with van der Waals surface area (Å²) in [6.07, 6.45) is 2.74. The fraction of sp³-hybridized carbons (Fsp3) is 0.600. The van der Waals surface area contributed by atoms with Gasteiger partial charge in [-0.15, -0.1) is 0 Å². The lowest BCUT2D eigenvalue weighted by Gasteiger charge is -2.24. The monoisotopic (exact) mass is 298 g/mol. The van der Waals surface area contributed by atoms with Crippen LogP contribution in [0.4, 0.5) is 0 Å². The summed E-state index contributed by atoms with van der Waals surface area (Å²) in [5.41, 5.74) is 0.735. The van der Waals surface area contributed by atoms with Gasteiger partial charge in [0, 0.05) is 5.54 Å². The molecule has 0 bridgehead atoms. The Morgan fingerprint density at radius 3 is 2.25 bits per heavy atom. The van der Waals surface area contributed by atoms with E-state index in [2.05, 4.69) is 10.0 Å². The zero-order chi connectivity index (χ0) is 15.2. The van der Waals surface area contributed by atoms with Gasteiger partial charge in [0.25, 0.3) is 0 Å². The fourth-order valence-electron chi connectivity index (χ4n) is 1.80. The molecule has 0 amide bonds. The third-order valence-corrected chi connectivity index (χ3v) is 5.13. The Bertz CT molecular complexity index is 507. The summed E-state index contributed by atoms with van der Waals surface area (Å²) in [7, 11) is -1.51. The molecule has 1 aromatic rings. The zero-order valence-corrected chi connectivity index (χ0v) is 13.7. The van der Waals surface area contributed by atoms with Gasteiger partial charge in [-0.1, -0.05) is 19.1 Å². The van der Waals surface area contributed by atoms with Crippen molar-refractivity contribution in [2.45, 2.75) is 50.5 Å². The number of hydrogen-bond donors (Lipinski definition) is 2. The molecule has 4 nitrogen and oxygen atoms in total. The van der Waals surface area contributed by atoms with Crippen molar-refractivity contribution in [1.29, 1.82) is 0 Å². The molecule has 0 aliphatic rings. The highest BCUT2D eigenvalue weighted by Crippen LogP contribution is 2.16. The van der Waals surface area contributed by atoms with E-state index in [0.717, 1.165) is 31.4 Å². The topological polar surface area (TPSA) is 58.2 Å². The smallest absolute Gasteiger partial charge is 0.241 e. The van der Waals surface area contributed by atoms with Crippen LogP contribution in [0.1, 0.15) is 39.2 Å². The van der Waals surface area contributed by atoms with Crippen LogP contribution in [0.2, 0.25) is 0 Å². The number of benzene rings is 1. The SMILES string of the molecule is CCC(C)(C)NS(=O)(=O)c1ccc(CCCNC)cc1. The molecule has 0 saturated carbocycles. The summed E-state index contributed by atoms with van der Waals surface area (Å²) in [5, 5.41) is 3.10. The second kappa shape index (κ2) is 7.20. The van der Waals surface area contributed by atoms with Gasteiger partial charge in [-0.05, 0) is 64.4 Å². The first-order valence-corrected chi connectivity index (χ1v) is 8.56. The molecule has 20 heavy (non-hydrogen) atoms. The van der Waals surface area contributed by atoms with Crippen molar-refractivity contribution in [3.63, 3.8) is 0 Å². The highest BCUT2D eigenvalue weighted by molar-refractivity contribution is 7.89. The molecule has 0 aliphatic carbocycles. The predicted molar refractivity (Wildman–Crippen MR) is 83.4 cm³/mol. The van der Waals surface area contributed by atoms with Crippen molar-refractivity contribution in [2.75, 3.05) is 13.6 Å². The maximum atomic E-state index is 12.3. The Hall–Kier alpha value is -0.910. The second-order valence-corrected chi connectivity index (χ2v) is 7.38. The maximum Gasteiger partial charge on any atom is 0.241 e. The Morgan fingerprint density at radius 2 is 1.75 bits per heavy atom. The van der Waals surface area contributed by atoms with Crippen molar-refractivity contribution >= 4 is 10.0 Å². The minimum Gasteiger partial charge on any atom is -0.320 e. The van der Waals surface area contributed by atoms with Gasteiger partial charge in [0.1, 0.15) is 0 Å². The average molecular weight is 298 g/mol. The lowest BCUT2D eigenvalue weighted by molar-refractivity contribution is 0.439. The van der Waals surface area contributed by atoms with Crippen LogP contribution in [0, 0.1) is 0 Å².